The Kier molecular flexibility index (Phi) is 2.82. The molecule has 0 unspecified atom stereocenters. The normalized spacial score (nSPS) is 8.79. The zero-order valence-electron chi connectivity index (χ0n) is 7.48. The molecule has 0 saturated heterocycles. The summed E-state index contributed by atoms with van der Waals surface area (Å²) in [4.78, 5) is 14.7. The van der Waals surface area contributed by atoms with Crippen molar-refractivity contribution in [3.63, 3.8) is 0 Å². The maximum atomic E-state index is 11.0. The number of nitrogens with one attached hydrogen (secondary N) is 1. The van der Waals surface area contributed by atoms with Crippen molar-refractivity contribution in [2.75, 3.05) is 7.05 Å². The van der Waals surface area contributed by atoms with Crippen LogP contribution in [0.25, 0.3) is 0 Å². The van der Waals surface area contributed by atoms with Crippen molar-refractivity contribution in [1.82, 2.24) is 14.9 Å². The fourth-order valence-corrected chi connectivity index (χ4v) is 0.935. The van der Waals surface area contributed by atoms with Crippen LogP contribution in [0.15, 0.2) is 6.33 Å². The molecule has 1 N–H and O–H groups in total. The first-order chi connectivity index (χ1) is 6.72. The van der Waals surface area contributed by atoms with E-state index in [1.807, 2.05) is 6.07 Å². The smallest absolute Gasteiger partial charge is 0.239 e. The molecule has 1 rings (SSSR count). The summed E-state index contributed by atoms with van der Waals surface area (Å²) in [7, 11) is 1.50. The number of rotatable bonds is 2. The number of nitrogens with zero attached hydrogens (tertiary/aromatic N) is 4. The first-order valence-electron chi connectivity index (χ1n) is 3.78. The Morgan fingerprint density at radius 1 is 1.64 bits per heavy atom. The number of aromatic nitrogens is 2. The van der Waals surface area contributed by atoms with Crippen LogP contribution in [0.5, 0.6) is 0 Å². The van der Waals surface area contributed by atoms with Gasteiger partial charge in [-0.05, 0) is 0 Å². The highest BCUT2D eigenvalue weighted by atomic mass is 16.1. The van der Waals surface area contributed by atoms with Gasteiger partial charge in [0.15, 0.2) is 11.4 Å². The third-order valence-electron chi connectivity index (χ3n) is 1.64. The molecule has 0 radical (unpaired) electrons. The van der Waals surface area contributed by atoms with Gasteiger partial charge in [0.1, 0.15) is 18.7 Å². The highest BCUT2D eigenvalue weighted by Crippen LogP contribution is 2.04. The van der Waals surface area contributed by atoms with Crippen LogP contribution in [0.2, 0.25) is 0 Å². The van der Waals surface area contributed by atoms with Crippen molar-refractivity contribution < 1.29 is 4.79 Å². The Labute approximate surface area is 80.4 Å². The lowest BCUT2D eigenvalue weighted by molar-refractivity contribution is -0.121. The quantitative estimate of drug-likeness (QED) is 0.670. The van der Waals surface area contributed by atoms with Crippen molar-refractivity contribution in [2.45, 2.75) is 6.54 Å². The summed E-state index contributed by atoms with van der Waals surface area (Å²) in [5, 5.41) is 19.7. The van der Waals surface area contributed by atoms with E-state index >= 15 is 0 Å². The predicted molar refractivity (Wildman–Crippen MR) is 45.7 cm³/mol. The van der Waals surface area contributed by atoms with E-state index in [1.165, 1.54) is 17.9 Å². The molecule has 70 valence electrons. The fraction of sp³-hybridized carbons (Fsp3) is 0.250. The average Bonchev–Trinajstić information content (AvgIpc) is 2.59. The highest BCUT2D eigenvalue weighted by molar-refractivity contribution is 5.75. The standard InChI is InChI=1S/C8H7N5O/c1-11-8(14)4-13-5-12-6(2-9)7(13)3-10/h5H,4H2,1H3,(H,11,14). The summed E-state index contributed by atoms with van der Waals surface area (Å²) in [6, 6.07) is 3.59. The monoisotopic (exact) mass is 189 g/mol. The molecular weight excluding hydrogens is 182 g/mol. The lowest BCUT2D eigenvalue weighted by atomic mass is 10.3. The molecule has 0 saturated carbocycles. The van der Waals surface area contributed by atoms with Gasteiger partial charge in [-0.3, -0.25) is 4.79 Å². The summed E-state index contributed by atoms with van der Waals surface area (Å²) >= 11 is 0. The second-order valence-electron chi connectivity index (χ2n) is 2.47. The van der Waals surface area contributed by atoms with Crippen molar-refractivity contribution >= 4 is 5.91 Å². The first kappa shape index (κ1) is 9.75. The van der Waals surface area contributed by atoms with E-state index in [9.17, 15) is 4.79 Å². The van der Waals surface area contributed by atoms with E-state index in [2.05, 4.69) is 10.3 Å². The minimum atomic E-state index is -0.247. The molecule has 0 aliphatic heterocycles. The van der Waals surface area contributed by atoms with Crippen LogP contribution < -0.4 is 5.32 Å². The minimum absolute atomic E-state index is 0.00588. The molecule has 1 heterocycles. The first-order valence-corrected chi connectivity index (χ1v) is 3.78. The largest absolute Gasteiger partial charge is 0.358 e. The number of hydrogen-bond donors (Lipinski definition) is 1. The number of imidazole rings is 1. The van der Waals surface area contributed by atoms with Crippen LogP contribution in [0.1, 0.15) is 11.4 Å². The molecule has 1 amide bonds. The number of carbonyl (C=O) groups excluding carboxylic acids is 1. The number of hydrogen-bond acceptors (Lipinski definition) is 4. The third-order valence-corrected chi connectivity index (χ3v) is 1.64. The van der Waals surface area contributed by atoms with Gasteiger partial charge in [-0.1, -0.05) is 0 Å². The van der Waals surface area contributed by atoms with Gasteiger partial charge in [0.2, 0.25) is 5.91 Å². The van der Waals surface area contributed by atoms with Crippen LogP contribution in [-0.2, 0) is 11.3 Å². The van der Waals surface area contributed by atoms with Gasteiger partial charge in [0.25, 0.3) is 0 Å². The van der Waals surface area contributed by atoms with E-state index < -0.39 is 0 Å². The van der Waals surface area contributed by atoms with Crippen LogP contribution in [-0.4, -0.2) is 22.5 Å². The molecule has 14 heavy (non-hydrogen) atoms. The Bertz CT molecular complexity index is 434. The molecule has 0 bridgehead atoms. The summed E-state index contributed by atoms with van der Waals surface area (Å²) < 4.78 is 1.33. The van der Waals surface area contributed by atoms with Crippen molar-refractivity contribution in [3.05, 3.63) is 17.7 Å². The predicted octanol–water partition coefficient (Wildman–Crippen LogP) is -0.628. The van der Waals surface area contributed by atoms with Gasteiger partial charge in [-0.2, -0.15) is 10.5 Å². The van der Waals surface area contributed by atoms with Crippen LogP contribution in [0.4, 0.5) is 0 Å². The summed E-state index contributed by atoms with van der Waals surface area (Å²) in [6.45, 7) is -0.00588. The maximum absolute atomic E-state index is 11.0. The Balaban J connectivity index is 3.01. The molecule has 6 nitrogen and oxygen atoms in total. The van der Waals surface area contributed by atoms with Gasteiger partial charge in [-0.25, -0.2) is 4.98 Å². The van der Waals surface area contributed by atoms with E-state index in [0.717, 1.165) is 0 Å². The minimum Gasteiger partial charge on any atom is -0.358 e. The maximum Gasteiger partial charge on any atom is 0.239 e. The van der Waals surface area contributed by atoms with Crippen LogP contribution >= 0.6 is 0 Å². The second-order valence-corrected chi connectivity index (χ2v) is 2.47. The van der Waals surface area contributed by atoms with Crippen molar-refractivity contribution in [2.24, 2.45) is 0 Å². The molecule has 1 aromatic heterocycles. The molecule has 6 heteroatoms. The zero-order chi connectivity index (χ0) is 10.6. The molecule has 1 aromatic rings. The molecule has 0 aliphatic rings. The topological polar surface area (TPSA) is 94.5 Å². The van der Waals surface area contributed by atoms with Gasteiger partial charge >= 0.3 is 0 Å². The molecule has 0 fully saturated rings. The van der Waals surface area contributed by atoms with Gasteiger partial charge in [0, 0.05) is 7.05 Å². The Morgan fingerprint density at radius 2 is 2.36 bits per heavy atom. The highest BCUT2D eigenvalue weighted by Gasteiger charge is 2.11. The van der Waals surface area contributed by atoms with Crippen molar-refractivity contribution in [1.29, 1.82) is 10.5 Å². The van der Waals surface area contributed by atoms with Crippen LogP contribution in [0, 0.1) is 22.7 Å². The lowest BCUT2D eigenvalue weighted by Gasteiger charge is -2.00. The number of likely N-dealkylation sites (N-methyl/N-ethyl adjacent to an activating group) is 1. The number of carbonyl (C=O) groups is 1. The molecular formula is C8H7N5O. The average molecular weight is 189 g/mol. The number of nitriles is 2. The fourth-order valence-electron chi connectivity index (χ4n) is 0.935. The summed E-state index contributed by atoms with van der Waals surface area (Å²) in [5.41, 5.74) is 0.146. The Morgan fingerprint density at radius 3 is 2.86 bits per heavy atom. The summed E-state index contributed by atoms with van der Waals surface area (Å²) in [5.74, 6) is -0.247. The molecule has 0 spiro atoms. The van der Waals surface area contributed by atoms with Gasteiger partial charge in [0.05, 0.1) is 6.33 Å². The summed E-state index contributed by atoms with van der Waals surface area (Å²) in [6.07, 6.45) is 1.30. The SMILES string of the molecule is CNC(=O)Cn1cnc(C#N)c1C#N. The molecule has 0 atom stereocenters. The lowest BCUT2D eigenvalue weighted by Crippen LogP contribution is -2.23. The molecule has 0 aliphatic carbocycles. The van der Waals surface area contributed by atoms with E-state index in [0.29, 0.717) is 0 Å². The van der Waals surface area contributed by atoms with E-state index in [1.54, 1.807) is 6.07 Å². The van der Waals surface area contributed by atoms with Gasteiger partial charge < -0.3 is 9.88 Å². The second kappa shape index (κ2) is 4.06. The van der Waals surface area contributed by atoms with E-state index in [-0.39, 0.29) is 23.8 Å². The van der Waals surface area contributed by atoms with Crippen molar-refractivity contribution in [3.8, 4) is 12.1 Å². The molecule has 0 aromatic carbocycles. The van der Waals surface area contributed by atoms with Gasteiger partial charge in [-0.15, -0.1) is 0 Å². The number of amides is 1. The van der Waals surface area contributed by atoms with E-state index in [4.69, 9.17) is 10.5 Å². The Hall–Kier alpha value is -2.34. The zero-order valence-corrected chi connectivity index (χ0v) is 7.48. The third kappa shape index (κ3) is 1.70. The van der Waals surface area contributed by atoms with Crippen LogP contribution in [0.3, 0.4) is 0 Å².